The van der Waals surface area contributed by atoms with Gasteiger partial charge in [-0.2, -0.15) is 0 Å². The van der Waals surface area contributed by atoms with E-state index in [0.717, 1.165) is 6.07 Å². The molecule has 1 heterocycles. The molecule has 0 saturated heterocycles. The minimum Gasteiger partial charge on any atom is -0.445 e. The maximum Gasteiger partial charge on any atom is 1.00 e. The van der Waals surface area contributed by atoms with Gasteiger partial charge >= 0.3 is 58.4 Å². The molecule has 0 atom stereocenters. The van der Waals surface area contributed by atoms with E-state index in [9.17, 15) is 12.9 Å². The maximum absolute atomic E-state index is 12.5. The third kappa shape index (κ3) is 2.43. The second kappa shape index (κ2) is 4.67. The van der Waals surface area contributed by atoms with Gasteiger partial charge in [0, 0.05) is 4.70 Å². The smallest absolute Gasteiger partial charge is 0.445 e. The van der Waals surface area contributed by atoms with Crippen LogP contribution in [-0.4, -0.2) is 6.98 Å². The van der Waals surface area contributed by atoms with Crippen molar-refractivity contribution in [1.29, 1.82) is 0 Å². The SMILES string of the molecule is F[B-](F)(F)c1cccc2sccc12.[K+]. The first-order chi connectivity index (χ1) is 6.09. The van der Waals surface area contributed by atoms with E-state index in [1.54, 1.807) is 11.4 Å². The van der Waals surface area contributed by atoms with E-state index in [1.165, 1.54) is 23.5 Å². The van der Waals surface area contributed by atoms with Gasteiger partial charge in [0.15, 0.2) is 0 Å². The molecule has 0 spiro atoms. The first kappa shape index (κ1) is 12.7. The zero-order valence-corrected chi connectivity index (χ0v) is 11.4. The number of hydrogen-bond acceptors (Lipinski definition) is 1. The largest absolute Gasteiger partial charge is 1.00 e. The van der Waals surface area contributed by atoms with Gasteiger partial charge in [0.05, 0.1) is 0 Å². The first-order valence-corrected chi connectivity index (χ1v) is 4.63. The van der Waals surface area contributed by atoms with Crippen molar-refractivity contribution in [3.8, 4) is 0 Å². The van der Waals surface area contributed by atoms with Crippen LogP contribution >= 0.6 is 11.3 Å². The zero-order chi connectivity index (χ0) is 9.47. The van der Waals surface area contributed by atoms with Crippen LogP contribution in [0.5, 0.6) is 0 Å². The van der Waals surface area contributed by atoms with Gasteiger partial charge < -0.3 is 12.9 Å². The topological polar surface area (TPSA) is 0 Å². The Bertz CT molecular complexity index is 437. The summed E-state index contributed by atoms with van der Waals surface area (Å²) in [4.78, 5) is 0. The number of halogens is 3. The number of thiophene rings is 1. The van der Waals surface area contributed by atoms with E-state index < -0.39 is 12.4 Å². The summed E-state index contributed by atoms with van der Waals surface area (Å²) >= 11 is 1.33. The van der Waals surface area contributed by atoms with E-state index in [0.29, 0.717) is 10.1 Å². The Morgan fingerprint density at radius 3 is 2.43 bits per heavy atom. The van der Waals surface area contributed by atoms with Gasteiger partial charge in [-0.3, -0.25) is 0 Å². The number of fused-ring (bicyclic) bond motifs is 1. The minimum absolute atomic E-state index is 0. The molecule has 0 bridgehead atoms. The summed E-state index contributed by atoms with van der Waals surface area (Å²) in [6, 6.07) is 5.80. The molecule has 0 saturated carbocycles. The molecule has 0 aliphatic heterocycles. The van der Waals surface area contributed by atoms with Crippen molar-refractivity contribution in [2.75, 3.05) is 0 Å². The monoisotopic (exact) mass is 240 g/mol. The summed E-state index contributed by atoms with van der Waals surface area (Å²) in [6.45, 7) is -4.88. The Kier molecular flexibility index (Phi) is 4.25. The van der Waals surface area contributed by atoms with E-state index in [4.69, 9.17) is 0 Å². The number of benzene rings is 1. The molecule has 1 aromatic heterocycles. The molecule has 0 aliphatic carbocycles. The molecule has 0 radical (unpaired) electrons. The van der Waals surface area contributed by atoms with Gasteiger partial charge in [-0.25, -0.2) is 0 Å². The molecule has 0 N–H and O–H groups in total. The third-order valence-corrected chi connectivity index (χ3v) is 2.76. The van der Waals surface area contributed by atoms with Crippen LogP contribution in [0.15, 0.2) is 29.6 Å². The second-order valence-corrected chi connectivity index (χ2v) is 3.70. The Morgan fingerprint density at radius 2 is 1.79 bits per heavy atom. The van der Waals surface area contributed by atoms with Gasteiger partial charge in [-0.05, 0) is 22.9 Å². The standard InChI is InChI=1S/C8H5BF3S.K/c10-9(11,12)7-2-1-3-8-6(7)4-5-13-8;/h1-5H;/q-1;+1. The second-order valence-electron chi connectivity index (χ2n) is 2.75. The zero-order valence-electron chi connectivity index (χ0n) is 7.51. The van der Waals surface area contributed by atoms with Gasteiger partial charge in [0.2, 0.25) is 0 Å². The molecule has 0 fully saturated rings. The van der Waals surface area contributed by atoms with Crippen molar-refractivity contribution < 1.29 is 64.3 Å². The molecule has 2 rings (SSSR count). The van der Waals surface area contributed by atoms with Crippen LogP contribution in [-0.2, 0) is 0 Å². The first-order valence-electron chi connectivity index (χ1n) is 3.75. The van der Waals surface area contributed by atoms with Crippen molar-refractivity contribution in [3.63, 3.8) is 0 Å². The molecule has 68 valence electrons. The van der Waals surface area contributed by atoms with Crippen molar-refractivity contribution in [2.45, 2.75) is 0 Å². The van der Waals surface area contributed by atoms with Crippen LogP contribution in [0.4, 0.5) is 12.9 Å². The fraction of sp³-hybridized carbons (Fsp3) is 0. The summed E-state index contributed by atoms with van der Waals surface area (Å²) in [7, 11) is 0. The van der Waals surface area contributed by atoms with Crippen molar-refractivity contribution in [1.82, 2.24) is 0 Å². The predicted molar refractivity (Wildman–Crippen MR) is 50.5 cm³/mol. The van der Waals surface area contributed by atoms with Crippen molar-refractivity contribution in [3.05, 3.63) is 29.6 Å². The van der Waals surface area contributed by atoms with Gasteiger partial charge in [0.25, 0.3) is 0 Å². The van der Waals surface area contributed by atoms with Crippen molar-refractivity contribution in [2.24, 2.45) is 0 Å². The fourth-order valence-corrected chi connectivity index (χ4v) is 2.12. The molecular formula is C8H5BF3KS. The summed E-state index contributed by atoms with van der Waals surface area (Å²) < 4.78 is 38.1. The summed E-state index contributed by atoms with van der Waals surface area (Å²) in [5.74, 6) is 0. The molecule has 0 nitrogen and oxygen atoms in total. The Balaban J connectivity index is 0.000000980. The summed E-state index contributed by atoms with van der Waals surface area (Å²) in [6.07, 6.45) is 0. The van der Waals surface area contributed by atoms with Gasteiger partial charge in [-0.15, -0.1) is 11.3 Å². The van der Waals surface area contributed by atoms with E-state index in [1.807, 2.05) is 0 Å². The maximum atomic E-state index is 12.5. The Labute approximate surface area is 126 Å². The quantitative estimate of drug-likeness (QED) is 0.613. The number of rotatable bonds is 1. The van der Waals surface area contributed by atoms with Crippen LogP contribution in [0.1, 0.15) is 0 Å². The summed E-state index contributed by atoms with van der Waals surface area (Å²) in [5, 5.41) is 2.00. The molecule has 0 amide bonds. The van der Waals surface area contributed by atoms with Crippen LogP contribution in [0.25, 0.3) is 10.1 Å². The molecular weight excluding hydrogens is 235 g/mol. The van der Waals surface area contributed by atoms with Gasteiger partial charge in [-0.1, -0.05) is 17.6 Å². The number of hydrogen-bond donors (Lipinski definition) is 0. The Hall–Kier alpha value is 0.671. The van der Waals surface area contributed by atoms with Crippen LogP contribution in [0.2, 0.25) is 0 Å². The Morgan fingerprint density at radius 1 is 1.07 bits per heavy atom. The van der Waals surface area contributed by atoms with Crippen LogP contribution in [0.3, 0.4) is 0 Å². The normalized spacial score (nSPS) is 11.4. The molecule has 6 heteroatoms. The third-order valence-electron chi connectivity index (χ3n) is 1.88. The van der Waals surface area contributed by atoms with E-state index in [2.05, 4.69) is 0 Å². The van der Waals surface area contributed by atoms with Gasteiger partial charge in [0.1, 0.15) is 0 Å². The van der Waals surface area contributed by atoms with Crippen molar-refractivity contribution >= 4 is 33.9 Å². The molecule has 0 unspecified atom stereocenters. The minimum atomic E-state index is -4.88. The van der Waals surface area contributed by atoms with Crippen LogP contribution < -0.4 is 56.8 Å². The fourth-order valence-electron chi connectivity index (χ4n) is 1.30. The van der Waals surface area contributed by atoms with E-state index >= 15 is 0 Å². The molecule has 0 aliphatic rings. The van der Waals surface area contributed by atoms with Crippen LogP contribution in [0, 0.1) is 0 Å². The summed E-state index contributed by atoms with van der Waals surface area (Å²) in [5.41, 5.74) is -0.487. The molecule has 1 aromatic carbocycles. The average molecular weight is 240 g/mol. The van der Waals surface area contributed by atoms with E-state index in [-0.39, 0.29) is 51.4 Å². The molecule has 2 aromatic rings. The predicted octanol–water partition coefficient (Wildman–Crippen LogP) is -0.0403. The average Bonchev–Trinajstić information content (AvgIpc) is 2.48. The molecule has 14 heavy (non-hydrogen) atoms.